The molecule has 1 atom stereocenters. The van der Waals surface area contributed by atoms with Crippen LogP contribution in [0.15, 0.2) is 0 Å². The van der Waals surface area contributed by atoms with Crippen LogP contribution in [-0.2, 0) is 9.53 Å². The molecule has 0 radical (unpaired) electrons. The van der Waals surface area contributed by atoms with Crippen LogP contribution in [0, 0.1) is 11.3 Å². The van der Waals surface area contributed by atoms with Gasteiger partial charge in [0.05, 0.1) is 0 Å². The van der Waals surface area contributed by atoms with Gasteiger partial charge in [0.15, 0.2) is 0 Å². The third-order valence-corrected chi connectivity index (χ3v) is 4.47. The summed E-state index contributed by atoms with van der Waals surface area (Å²) >= 11 is 0. The Bertz CT molecular complexity index is 298. The average molecular weight is 254 g/mol. The number of carbonyl (C=O) groups is 1. The SMILES string of the molecule is CC1(C)CN(C(=O)CC2CCOCC2)CCC1N. The molecule has 0 bridgehead atoms. The Kier molecular flexibility index (Phi) is 4.28. The van der Waals surface area contributed by atoms with Crippen molar-refractivity contribution in [1.82, 2.24) is 4.90 Å². The van der Waals surface area contributed by atoms with E-state index in [-0.39, 0.29) is 11.5 Å². The highest BCUT2D eigenvalue weighted by Gasteiger charge is 2.35. The molecular formula is C14H26N2O2. The maximum atomic E-state index is 12.3. The van der Waals surface area contributed by atoms with E-state index in [1.165, 1.54) is 0 Å². The highest BCUT2D eigenvalue weighted by Crippen LogP contribution is 2.29. The standard InChI is InChI=1S/C14H26N2O2/c1-14(2)10-16(6-3-12(14)15)13(17)9-11-4-7-18-8-5-11/h11-12H,3-10,15H2,1-2H3. The average Bonchev–Trinajstić information content (AvgIpc) is 2.34. The van der Waals surface area contributed by atoms with Crippen molar-refractivity contribution >= 4 is 5.91 Å². The molecule has 2 rings (SSSR count). The van der Waals surface area contributed by atoms with Crippen LogP contribution in [0.2, 0.25) is 0 Å². The second-order valence-corrected chi connectivity index (χ2v) is 6.46. The summed E-state index contributed by atoms with van der Waals surface area (Å²) in [6.07, 6.45) is 3.67. The number of nitrogens with zero attached hydrogens (tertiary/aromatic N) is 1. The lowest BCUT2D eigenvalue weighted by Gasteiger charge is -2.43. The van der Waals surface area contributed by atoms with Gasteiger partial charge in [-0.25, -0.2) is 0 Å². The number of hydrogen-bond acceptors (Lipinski definition) is 3. The van der Waals surface area contributed by atoms with Crippen LogP contribution in [0.1, 0.15) is 39.5 Å². The fourth-order valence-corrected chi connectivity index (χ4v) is 2.91. The number of hydrogen-bond donors (Lipinski definition) is 1. The molecule has 104 valence electrons. The zero-order valence-electron chi connectivity index (χ0n) is 11.7. The van der Waals surface area contributed by atoms with E-state index >= 15 is 0 Å². The molecule has 2 heterocycles. The van der Waals surface area contributed by atoms with Gasteiger partial charge in [-0.05, 0) is 30.6 Å². The smallest absolute Gasteiger partial charge is 0.222 e. The number of rotatable bonds is 2. The summed E-state index contributed by atoms with van der Waals surface area (Å²) in [6.45, 7) is 7.57. The molecule has 2 N–H and O–H groups in total. The van der Waals surface area contributed by atoms with Gasteiger partial charge >= 0.3 is 0 Å². The Labute approximate surface area is 110 Å². The van der Waals surface area contributed by atoms with Crippen molar-refractivity contribution in [3.8, 4) is 0 Å². The molecule has 2 fully saturated rings. The first kappa shape index (κ1) is 13.8. The number of nitrogens with two attached hydrogens (primary N) is 1. The summed E-state index contributed by atoms with van der Waals surface area (Å²) < 4.78 is 5.33. The Morgan fingerprint density at radius 3 is 2.61 bits per heavy atom. The maximum Gasteiger partial charge on any atom is 0.222 e. The second-order valence-electron chi connectivity index (χ2n) is 6.46. The van der Waals surface area contributed by atoms with E-state index in [1.54, 1.807) is 0 Å². The van der Waals surface area contributed by atoms with Crippen molar-refractivity contribution in [3.63, 3.8) is 0 Å². The molecule has 0 aliphatic carbocycles. The minimum Gasteiger partial charge on any atom is -0.381 e. The Balaban J connectivity index is 1.85. The molecule has 0 aromatic rings. The van der Waals surface area contributed by atoms with Crippen LogP contribution in [0.3, 0.4) is 0 Å². The maximum absolute atomic E-state index is 12.3. The molecule has 2 aliphatic heterocycles. The summed E-state index contributed by atoms with van der Waals surface area (Å²) in [6, 6.07) is 0.213. The molecule has 2 saturated heterocycles. The summed E-state index contributed by atoms with van der Waals surface area (Å²) in [5, 5.41) is 0. The molecule has 0 aromatic carbocycles. The van der Waals surface area contributed by atoms with E-state index < -0.39 is 0 Å². The lowest BCUT2D eigenvalue weighted by molar-refractivity contribution is -0.136. The van der Waals surface area contributed by atoms with Crippen LogP contribution in [0.4, 0.5) is 0 Å². The highest BCUT2D eigenvalue weighted by atomic mass is 16.5. The van der Waals surface area contributed by atoms with Gasteiger partial charge in [0.25, 0.3) is 0 Å². The Morgan fingerprint density at radius 1 is 1.33 bits per heavy atom. The van der Waals surface area contributed by atoms with Gasteiger partial charge in [-0.15, -0.1) is 0 Å². The molecule has 1 amide bonds. The lowest BCUT2D eigenvalue weighted by Crippen LogP contribution is -2.54. The number of piperidine rings is 1. The molecule has 2 aliphatic rings. The minimum absolute atomic E-state index is 0.0452. The summed E-state index contributed by atoms with van der Waals surface area (Å²) in [5.74, 6) is 0.826. The first-order valence-corrected chi connectivity index (χ1v) is 7.10. The van der Waals surface area contributed by atoms with E-state index in [0.29, 0.717) is 18.2 Å². The first-order chi connectivity index (χ1) is 8.49. The fourth-order valence-electron chi connectivity index (χ4n) is 2.91. The molecule has 4 nitrogen and oxygen atoms in total. The van der Waals surface area contributed by atoms with Crippen LogP contribution in [0.5, 0.6) is 0 Å². The quantitative estimate of drug-likeness (QED) is 0.810. The fraction of sp³-hybridized carbons (Fsp3) is 0.929. The van der Waals surface area contributed by atoms with Crippen LogP contribution < -0.4 is 5.73 Å². The summed E-state index contributed by atoms with van der Waals surface area (Å²) in [7, 11) is 0. The number of amides is 1. The highest BCUT2D eigenvalue weighted by molar-refractivity contribution is 5.76. The van der Waals surface area contributed by atoms with Crippen LogP contribution >= 0.6 is 0 Å². The number of carbonyl (C=O) groups excluding carboxylic acids is 1. The van der Waals surface area contributed by atoms with E-state index in [1.807, 2.05) is 4.90 Å². The van der Waals surface area contributed by atoms with Crippen LogP contribution in [-0.4, -0.2) is 43.2 Å². The van der Waals surface area contributed by atoms with E-state index in [9.17, 15) is 4.79 Å². The Hall–Kier alpha value is -0.610. The second kappa shape index (κ2) is 5.57. The van der Waals surface area contributed by atoms with Crippen molar-refractivity contribution in [3.05, 3.63) is 0 Å². The molecule has 0 saturated carbocycles. The number of likely N-dealkylation sites (tertiary alicyclic amines) is 1. The van der Waals surface area contributed by atoms with Gasteiger partial charge in [-0.2, -0.15) is 0 Å². The molecule has 4 heteroatoms. The van der Waals surface area contributed by atoms with E-state index in [0.717, 1.165) is 45.6 Å². The zero-order chi connectivity index (χ0) is 13.2. The first-order valence-electron chi connectivity index (χ1n) is 7.10. The Morgan fingerprint density at radius 2 is 2.00 bits per heavy atom. The summed E-state index contributed by atoms with van der Waals surface area (Å²) in [5.41, 5.74) is 6.15. The monoisotopic (exact) mass is 254 g/mol. The van der Waals surface area contributed by atoms with E-state index in [4.69, 9.17) is 10.5 Å². The third kappa shape index (κ3) is 3.23. The van der Waals surface area contributed by atoms with Crippen molar-refractivity contribution in [2.75, 3.05) is 26.3 Å². The van der Waals surface area contributed by atoms with Gasteiger partial charge in [0, 0.05) is 38.8 Å². The zero-order valence-corrected chi connectivity index (χ0v) is 11.7. The van der Waals surface area contributed by atoms with Crippen molar-refractivity contribution in [2.45, 2.75) is 45.6 Å². The van der Waals surface area contributed by atoms with Crippen LogP contribution in [0.25, 0.3) is 0 Å². The minimum atomic E-state index is 0.0452. The number of ether oxygens (including phenoxy) is 1. The molecule has 18 heavy (non-hydrogen) atoms. The molecule has 1 unspecified atom stereocenters. The van der Waals surface area contributed by atoms with Crippen molar-refractivity contribution < 1.29 is 9.53 Å². The summed E-state index contributed by atoms with van der Waals surface area (Å²) in [4.78, 5) is 14.3. The normalized spacial score (nSPS) is 29.3. The topological polar surface area (TPSA) is 55.6 Å². The lowest BCUT2D eigenvalue weighted by atomic mass is 9.79. The van der Waals surface area contributed by atoms with Gasteiger partial charge in [-0.1, -0.05) is 13.8 Å². The van der Waals surface area contributed by atoms with Gasteiger partial charge < -0.3 is 15.4 Å². The molecule has 0 spiro atoms. The predicted molar refractivity (Wildman–Crippen MR) is 71.1 cm³/mol. The van der Waals surface area contributed by atoms with Crippen molar-refractivity contribution in [1.29, 1.82) is 0 Å². The van der Waals surface area contributed by atoms with Gasteiger partial charge in [0.1, 0.15) is 0 Å². The van der Waals surface area contributed by atoms with Gasteiger partial charge in [0.2, 0.25) is 5.91 Å². The molecule has 0 aromatic heterocycles. The van der Waals surface area contributed by atoms with Crippen molar-refractivity contribution in [2.24, 2.45) is 17.1 Å². The van der Waals surface area contributed by atoms with E-state index in [2.05, 4.69) is 13.8 Å². The predicted octanol–water partition coefficient (Wildman–Crippen LogP) is 1.39. The largest absolute Gasteiger partial charge is 0.381 e. The molecular weight excluding hydrogens is 228 g/mol. The van der Waals surface area contributed by atoms with Gasteiger partial charge in [-0.3, -0.25) is 4.79 Å². The third-order valence-electron chi connectivity index (χ3n) is 4.47.